The van der Waals surface area contributed by atoms with Crippen LogP contribution in [0.3, 0.4) is 0 Å². The van der Waals surface area contributed by atoms with Crippen LogP contribution >= 0.6 is 7.14 Å². The average molecular weight is 406 g/mol. The maximum atomic E-state index is 15.3. The lowest BCUT2D eigenvalue weighted by atomic mass is 10.1. The third-order valence-corrected chi connectivity index (χ3v) is 8.84. The number of carbonyl (C=O) groups is 1. The van der Waals surface area contributed by atoms with Gasteiger partial charge in [-0.3, -0.25) is 4.79 Å². The van der Waals surface area contributed by atoms with Crippen molar-refractivity contribution in [1.29, 1.82) is 0 Å². The zero-order valence-electron chi connectivity index (χ0n) is 16.2. The molecule has 0 saturated carbocycles. The molecule has 0 unspecified atom stereocenters. The molecule has 5 aromatic rings. The lowest BCUT2D eigenvalue weighted by Gasteiger charge is -2.24. The van der Waals surface area contributed by atoms with Gasteiger partial charge in [-0.15, -0.1) is 0 Å². The molecule has 144 valence electrons. The number of aldehydes is 1. The summed E-state index contributed by atoms with van der Waals surface area (Å²) in [4.78, 5) is 11.9. The Balaban J connectivity index is 1.97. The van der Waals surface area contributed by atoms with Crippen LogP contribution in [0.15, 0.2) is 109 Å². The molecule has 0 fully saturated rings. The summed E-state index contributed by atoms with van der Waals surface area (Å²) in [7, 11) is -3.35. The second-order valence-electron chi connectivity index (χ2n) is 7.28. The fraction of sp³-hybridized carbons (Fsp3) is 0. The highest BCUT2D eigenvalue weighted by atomic mass is 31.2. The van der Waals surface area contributed by atoms with Crippen molar-refractivity contribution in [2.75, 3.05) is 0 Å². The zero-order chi connectivity index (χ0) is 20.6. The van der Waals surface area contributed by atoms with Gasteiger partial charge >= 0.3 is 0 Å². The van der Waals surface area contributed by atoms with Gasteiger partial charge in [0.15, 0.2) is 13.4 Å². The summed E-state index contributed by atoms with van der Waals surface area (Å²) < 4.78 is 15.3. The minimum absolute atomic E-state index is 0.460. The highest BCUT2D eigenvalue weighted by molar-refractivity contribution is 7.86. The predicted octanol–water partition coefficient (Wildman–Crippen LogP) is 5.44. The summed E-state index contributed by atoms with van der Waals surface area (Å²) in [5.41, 5.74) is 0.460. The van der Waals surface area contributed by atoms with Crippen molar-refractivity contribution in [1.82, 2.24) is 0 Å². The van der Waals surface area contributed by atoms with Crippen LogP contribution in [-0.2, 0) is 4.57 Å². The van der Waals surface area contributed by atoms with E-state index in [0.29, 0.717) is 10.9 Å². The molecule has 0 bridgehead atoms. The summed E-state index contributed by atoms with van der Waals surface area (Å²) in [6.07, 6.45) is 0.804. The van der Waals surface area contributed by atoms with E-state index in [0.717, 1.165) is 38.4 Å². The van der Waals surface area contributed by atoms with Crippen molar-refractivity contribution < 1.29 is 9.36 Å². The molecule has 0 amide bonds. The van der Waals surface area contributed by atoms with Crippen LogP contribution in [0.25, 0.3) is 21.5 Å². The molecule has 0 N–H and O–H groups in total. The molecule has 5 aromatic carbocycles. The summed E-state index contributed by atoms with van der Waals surface area (Å²) in [5.74, 6) is 0. The van der Waals surface area contributed by atoms with Crippen molar-refractivity contribution >= 4 is 50.9 Å². The van der Waals surface area contributed by atoms with Crippen LogP contribution in [0.2, 0.25) is 0 Å². The Morgan fingerprint density at radius 2 is 0.933 bits per heavy atom. The van der Waals surface area contributed by atoms with Crippen LogP contribution in [0.1, 0.15) is 10.4 Å². The van der Waals surface area contributed by atoms with Crippen LogP contribution in [0, 0.1) is 0 Å². The molecular weight excluding hydrogens is 387 g/mol. The van der Waals surface area contributed by atoms with Gasteiger partial charge in [-0.2, -0.15) is 0 Å². The molecule has 2 nitrogen and oxygen atoms in total. The molecule has 0 saturated heterocycles. The monoisotopic (exact) mass is 406 g/mol. The number of hydrogen-bond donors (Lipinski definition) is 0. The van der Waals surface area contributed by atoms with Gasteiger partial charge in [-0.25, -0.2) is 0 Å². The standard InChI is InChI=1S/C27H19O2P/c28-19-22-11-3-6-16-25(22)30(29,26-17-7-12-20-9-1-4-14-23(20)26)27-18-8-13-21-10-2-5-15-24(21)27/h1-19H. The molecule has 0 radical (unpaired) electrons. The molecule has 0 aliphatic rings. The van der Waals surface area contributed by atoms with Gasteiger partial charge in [0.1, 0.15) is 0 Å². The van der Waals surface area contributed by atoms with Crippen molar-refractivity contribution in [3.05, 3.63) is 115 Å². The zero-order valence-corrected chi connectivity index (χ0v) is 17.1. The third kappa shape index (κ3) is 2.81. The second-order valence-corrected chi connectivity index (χ2v) is 9.95. The molecule has 5 rings (SSSR count). The van der Waals surface area contributed by atoms with Crippen molar-refractivity contribution in [3.8, 4) is 0 Å². The van der Waals surface area contributed by atoms with Crippen LogP contribution in [0.5, 0.6) is 0 Å². The largest absolute Gasteiger partial charge is 0.309 e. The molecule has 0 aliphatic heterocycles. The first-order chi connectivity index (χ1) is 14.7. The van der Waals surface area contributed by atoms with Gasteiger partial charge in [0.05, 0.1) is 0 Å². The van der Waals surface area contributed by atoms with E-state index in [1.54, 1.807) is 6.07 Å². The lowest BCUT2D eigenvalue weighted by Crippen LogP contribution is -2.28. The van der Waals surface area contributed by atoms with E-state index in [4.69, 9.17) is 0 Å². The Morgan fingerprint density at radius 3 is 1.50 bits per heavy atom. The molecule has 0 spiro atoms. The summed E-state index contributed by atoms with van der Waals surface area (Å²) in [6.45, 7) is 0. The van der Waals surface area contributed by atoms with Crippen LogP contribution < -0.4 is 15.9 Å². The molecular formula is C27H19O2P. The summed E-state index contributed by atoms with van der Waals surface area (Å²) in [5, 5.41) is 6.03. The van der Waals surface area contributed by atoms with Crippen LogP contribution in [0.4, 0.5) is 0 Å². The van der Waals surface area contributed by atoms with Crippen molar-refractivity contribution in [2.24, 2.45) is 0 Å². The van der Waals surface area contributed by atoms with Gasteiger partial charge < -0.3 is 4.57 Å². The Kier molecular flexibility index (Phi) is 4.58. The Morgan fingerprint density at radius 1 is 0.500 bits per heavy atom. The molecule has 0 aliphatic carbocycles. The molecule has 30 heavy (non-hydrogen) atoms. The maximum absolute atomic E-state index is 15.3. The topological polar surface area (TPSA) is 34.1 Å². The fourth-order valence-corrected chi connectivity index (χ4v) is 7.47. The average Bonchev–Trinajstić information content (AvgIpc) is 2.83. The van der Waals surface area contributed by atoms with E-state index < -0.39 is 7.14 Å². The van der Waals surface area contributed by atoms with Crippen molar-refractivity contribution in [3.63, 3.8) is 0 Å². The predicted molar refractivity (Wildman–Crippen MR) is 126 cm³/mol. The van der Waals surface area contributed by atoms with Crippen LogP contribution in [-0.4, -0.2) is 6.29 Å². The number of benzene rings is 5. The van der Waals surface area contributed by atoms with E-state index in [1.165, 1.54) is 0 Å². The number of fused-ring (bicyclic) bond motifs is 2. The minimum Gasteiger partial charge on any atom is -0.309 e. The SMILES string of the molecule is O=Cc1ccccc1P(=O)(c1cccc2ccccc12)c1cccc2ccccc12. The van der Waals surface area contributed by atoms with E-state index in [2.05, 4.69) is 0 Å². The molecule has 0 heterocycles. The molecule has 0 aromatic heterocycles. The van der Waals surface area contributed by atoms with E-state index in [1.807, 2.05) is 103 Å². The molecule has 3 heteroatoms. The second kappa shape index (κ2) is 7.40. The van der Waals surface area contributed by atoms with Crippen molar-refractivity contribution in [2.45, 2.75) is 0 Å². The van der Waals surface area contributed by atoms with Gasteiger partial charge in [0.2, 0.25) is 0 Å². The number of rotatable bonds is 4. The Labute approximate surface area is 175 Å². The maximum Gasteiger partial charge on any atom is 0.172 e. The first kappa shape index (κ1) is 18.5. The highest BCUT2D eigenvalue weighted by Gasteiger charge is 2.34. The Hall–Kier alpha value is -3.48. The third-order valence-electron chi connectivity index (χ3n) is 5.61. The minimum atomic E-state index is -3.35. The van der Waals surface area contributed by atoms with Gasteiger partial charge in [0, 0.05) is 21.5 Å². The molecule has 0 atom stereocenters. The summed E-state index contributed by atoms with van der Waals surface area (Å²) >= 11 is 0. The first-order valence-corrected chi connectivity index (χ1v) is 11.6. The Bertz CT molecular complexity index is 1360. The highest BCUT2D eigenvalue weighted by Crippen LogP contribution is 2.46. The first-order valence-electron chi connectivity index (χ1n) is 9.85. The normalized spacial score (nSPS) is 11.6. The van der Waals surface area contributed by atoms with Gasteiger partial charge in [0.25, 0.3) is 0 Å². The lowest BCUT2D eigenvalue weighted by molar-refractivity contribution is 0.112. The van der Waals surface area contributed by atoms with E-state index in [-0.39, 0.29) is 0 Å². The quantitative estimate of drug-likeness (QED) is 0.294. The van der Waals surface area contributed by atoms with E-state index in [9.17, 15) is 4.79 Å². The fourth-order valence-electron chi connectivity index (χ4n) is 4.23. The smallest absolute Gasteiger partial charge is 0.172 e. The number of carbonyl (C=O) groups excluding carboxylic acids is 1. The van der Waals surface area contributed by atoms with E-state index >= 15 is 4.57 Å². The van der Waals surface area contributed by atoms with Gasteiger partial charge in [-0.1, -0.05) is 109 Å². The van der Waals surface area contributed by atoms with Gasteiger partial charge in [-0.05, 0) is 21.5 Å². The summed E-state index contributed by atoms with van der Waals surface area (Å²) in [6, 6.07) is 35.0. The number of hydrogen-bond acceptors (Lipinski definition) is 2.